The molecule has 0 aliphatic rings. The molecule has 8 heteroatoms. The van der Waals surface area contributed by atoms with Crippen LogP contribution in [0.2, 0.25) is 0 Å². The molecular formula is C16H30IN5O2. The smallest absolute Gasteiger partial charge is 0.305 e. The van der Waals surface area contributed by atoms with E-state index < -0.39 is 0 Å². The third-order valence-electron chi connectivity index (χ3n) is 3.55. The lowest BCUT2D eigenvalue weighted by molar-refractivity contribution is -0.143. The number of hydrogen-bond acceptors (Lipinski definition) is 4. The van der Waals surface area contributed by atoms with Crippen LogP contribution in [0.5, 0.6) is 0 Å². The minimum absolute atomic E-state index is 0. The Morgan fingerprint density at radius 3 is 2.54 bits per heavy atom. The maximum absolute atomic E-state index is 11.3. The van der Waals surface area contributed by atoms with E-state index in [4.69, 9.17) is 4.74 Å². The number of esters is 1. The first-order chi connectivity index (χ1) is 11.0. The van der Waals surface area contributed by atoms with Crippen LogP contribution in [0.15, 0.2) is 4.99 Å². The first kappa shape index (κ1) is 22.7. The highest BCUT2D eigenvalue weighted by Gasteiger charge is 2.09. The van der Waals surface area contributed by atoms with Crippen LogP contribution in [0.3, 0.4) is 0 Å². The first-order valence-electron chi connectivity index (χ1n) is 8.16. The zero-order valence-corrected chi connectivity index (χ0v) is 17.6. The average molecular weight is 451 g/mol. The first-order valence-corrected chi connectivity index (χ1v) is 8.16. The lowest BCUT2D eigenvalue weighted by Gasteiger charge is -2.11. The number of aliphatic imine (C=N–C) groups is 1. The fourth-order valence-corrected chi connectivity index (χ4v) is 2.22. The average Bonchev–Trinajstić information content (AvgIpc) is 2.74. The van der Waals surface area contributed by atoms with Crippen molar-refractivity contribution < 1.29 is 9.53 Å². The van der Waals surface area contributed by atoms with Crippen LogP contribution in [-0.4, -0.2) is 41.4 Å². The molecular weight excluding hydrogens is 421 g/mol. The highest BCUT2D eigenvalue weighted by molar-refractivity contribution is 14.0. The molecule has 0 unspecified atom stereocenters. The summed E-state index contributed by atoms with van der Waals surface area (Å²) in [4.78, 5) is 15.9. The second-order valence-electron chi connectivity index (χ2n) is 5.30. The van der Waals surface area contributed by atoms with E-state index in [1.54, 1.807) is 0 Å². The molecule has 1 heterocycles. The summed E-state index contributed by atoms with van der Waals surface area (Å²) in [6, 6.07) is 0. The van der Waals surface area contributed by atoms with Crippen LogP contribution in [0.4, 0.5) is 0 Å². The monoisotopic (exact) mass is 451 g/mol. The van der Waals surface area contributed by atoms with Gasteiger partial charge in [0.1, 0.15) is 0 Å². The molecule has 0 bridgehead atoms. The van der Waals surface area contributed by atoms with Gasteiger partial charge in [-0.3, -0.25) is 9.48 Å². The van der Waals surface area contributed by atoms with Crippen molar-refractivity contribution in [1.29, 1.82) is 0 Å². The van der Waals surface area contributed by atoms with Crippen molar-refractivity contribution >= 4 is 35.9 Å². The molecule has 0 fully saturated rings. The Labute approximate surface area is 161 Å². The molecule has 1 rings (SSSR count). The molecule has 0 radical (unpaired) electrons. The summed E-state index contributed by atoms with van der Waals surface area (Å²) in [6.07, 6.45) is 1.13. The Morgan fingerprint density at radius 1 is 1.29 bits per heavy atom. The number of rotatable bonds is 8. The lowest BCUT2D eigenvalue weighted by atomic mass is 10.2. The van der Waals surface area contributed by atoms with E-state index in [9.17, 15) is 4.79 Å². The van der Waals surface area contributed by atoms with Gasteiger partial charge >= 0.3 is 5.97 Å². The fraction of sp³-hybridized carbons (Fsp3) is 0.688. The predicted octanol–water partition coefficient (Wildman–Crippen LogP) is 2.05. The van der Waals surface area contributed by atoms with Gasteiger partial charge in [0.15, 0.2) is 5.96 Å². The summed E-state index contributed by atoms with van der Waals surface area (Å²) in [6.45, 7) is 10.4. The highest BCUT2D eigenvalue weighted by Crippen LogP contribution is 2.12. The van der Waals surface area contributed by atoms with Crippen LogP contribution in [-0.2, 0) is 23.1 Å². The third-order valence-corrected chi connectivity index (χ3v) is 3.55. The Hall–Kier alpha value is -1.32. The molecule has 1 aromatic rings. The van der Waals surface area contributed by atoms with Crippen molar-refractivity contribution in [1.82, 2.24) is 20.4 Å². The van der Waals surface area contributed by atoms with E-state index >= 15 is 0 Å². The van der Waals surface area contributed by atoms with Crippen LogP contribution in [0.1, 0.15) is 43.6 Å². The molecule has 0 spiro atoms. The molecule has 7 nitrogen and oxygen atoms in total. The van der Waals surface area contributed by atoms with Gasteiger partial charge in [-0.05, 0) is 34.1 Å². The van der Waals surface area contributed by atoms with Crippen LogP contribution >= 0.6 is 24.0 Å². The Kier molecular flexibility index (Phi) is 11.4. The van der Waals surface area contributed by atoms with Crippen LogP contribution in [0.25, 0.3) is 0 Å². The number of hydrogen-bond donors (Lipinski definition) is 2. The molecule has 1 aromatic heterocycles. The van der Waals surface area contributed by atoms with Gasteiger partial charge in [-0.15, -0.1) is 24.0 Å². The van der Waals surface area contributed by atoms with Crippen molar-refractivity contribution in [2.45, 2.75) is 47.1 Å². The number of halogens is 1. The zero-order valence-electron chi connectivity index (χ0n) is 15.3. The number of nitrogens with one attached hydrogen (secondary N) is 2. The molecule has 24 heavy (non-hydrogen) atoms. The van der Waals surface area contributed by atoms with E-state index in [0.717, 1.165) is 29.5 Å². The number of carbonyl (C=O) groups is 1. The summed E-state index contributed by atoms with van der Waals surface area (Å²) in [5.74, 6) is 0.594. The SMILES string of the molecule is CCNC(=NCc1c(C)nn(C)c1C)NCCCC(=O)OCC.I. The summed E-state index contributed by atoms with van der Waals surface area (Å²) in [5.41, 5.74) is 3.28. The van der Waals surface area contributed by atoms with Crippen molar-refractivity contribution in [3.8, 4) is 0 Å². The van der Waals surface area contributed by atoms with Gasteiger partial charge in [0, 0.05) is 37.8 Å². The maximum Gasteiger partial charge on any atom is 0.305 e. The van der Waals surface area contributed by atoms with Crippen LogP contribution < -0.4 is 10.6 Å². The van der Waals surface area contributed by atoms with Gasteiger partial charge < -0.3 is 15.4 Å². The number of carbonyl (C=O) groups excluding carboxylic acids is 1. The van der Waals surface area contributed by atoms with E-state index in [1.807, 2.05) is 39.4 Å². The summed E-state index contributed by atoms with van der Waals surface area (Å²) < 4.78 is 6.78. The van der Waals surface area contributed by atoms with Gasteiger partial charge in [0.25, 0.3) is 0 Å². The molecule has 0 atom stereocenters. The number of nitrogens with zero attached hydrogens (tertiary/aromatic N) is 3. The largest absolute Gasteiger partial charge is 0.466 e. The summed E-state index contributed by atoms with van der Waals surface area (Å²) >= 11 is 0. The van der Waals surface area contributed by atoms with Gasteiger partial charge in [-0.2, -0.15) is 5.10 Å². The lowest BCUT2D eigenvalue weighted by Crippen LogP contribution is -2.37. The van der Waals surface area contributed by atoms with E-state index in [1.165, 1.54) is 0 Å². The standard InChI is InChI=1S/C16H29N5O2.HI/c1-6-17-16(18-10-8-9-15(22)23-7-2)19-11-14-12(3)20-21(5)13(14)4;/h6-11H2,1-5H3,(H2,17,18,19);1H. The third kappa shape index (κ3) is 7.50. The predicted molar refractivity (Wildman–Crippen MR) is 107 cm³/mol. The highest BCUT2D eigenvalue weighted by atomic mass is 127. The van der Waals surface area contributed by atoms with E-state index in [-0.39, 0.29) is 29.9 Å². The fourth-order valence-electron chi connectivity index (χ4n) is 2.22. The molecule has 0 saturated heterocycles. The Balaban J connectivity index is 0.00000529. The number of aryl methyl sites for hydroxylation is 2. The van der Waals surface area contributed by atoms with E-state index in [0.29, 0.717) is 32.5 Å². The Bertz CT molecular complexity index is 543. The molecule has 0 aliphatic heterocycles. The summed E-state index contributed by atoms with van der Waals surface area (Å²) in [5, 5.41) is 10.8. The van der Waals surface area contributed by atoms with E-state index in [2.05, 4.69) is 20.7 Å². The molecule has 0 aromatic carbocycles. The molecule has 0 saturated carbocycles. The topological polar surface area (TPSA) is 80.5 Å². The van der Waals surface area contributed by atoms with Crippen LogP contribution in [0, 0.1) is 13.8 Å². The normalized spacial score (nSPS) is 11.0. The van der Waals surface area contributed by atoms with Crippen molar-refractivity contribution in [3.05, 3.63) is 17.0 Å². The summed E-state index contributed by atoms with van der Waals surface area (Å²) in [7, 11) is 1.94. The minimum Gasteiger partial charge on any atom is -0.466 e. The van der Waals surface area contributed by atoms with Crippen molar-refractivity contribution in [3.63, 3.8) is 0 Å². The molecule has 138 valence electrons. The van der Waals surface area contributed by atoms with Gasteiger partial charge in [0.2, 0.25) is 0 Å². The second-order valence-corrected chi connectivity index (χ2v) is 5.30. The van der Waals surface area contributed by atoms with Gasteiger partial charge in [0.05, 0.1) is 18.8 Å². The van der Waals surface area contributed by atoms with Crippen molar-refractivity contribution in [2.75, 3.05) is 19.7 Å². The quantitative estimate of drug-likeness (QED) is 0.208. The van der Waals surface area contributed by atoms with Crippen molar-refractivity contribution in [2.24, 2.45) is 12.0 Å². The zero-order chi connectivity index (χ0) is 17.2. The number of ether oxygens (including phenoxy) is 1. The van der Waals surface area contributed by atoms with Gasteiger partial charge in [-0.1, -0.05) is 0 Å². The Morgan fingerprint density at radius 2 is 2.00 bits per heavy atom. The van der Waals surface area contributed by atoms with Gasteiger partial charge in [-0.25, -0.2) is 4.99 Å². The molecule has 0 amide bonds. The maximum atomic E-state index is 11.3. The second kappa shape index (κ2) is 12.1. The number of guanidine groups is 1. The molecule has 2 N–H and O–H groups in total. The minimum atomic E-state index is -0.155. The number of aromatic nitrogens is 2. The molecule has 0 aliphatic carbocycles.